The van der Waals surface area contributed by atoms with Crippen molar-refractivity contribution in [3.05, 3.63) is 217 Å². The molecule has 0 bridgehead atoms. The molecule has 0 fully saturated rings. The maximum atomic E-state index is 5.43. The van der Waals surface area contributed by atoms with Gasteiger partial charge in [-0.25, -0.2) is 4.98 Å². The molecule has 0 saturated carbocycles. The summed E-state index contributed by atoms with van der Waals surface area (Å²) in [7, 11) is 0. The van der Waals surface area contributed by atoms with Crippen LogP contribution in [0, 0.1) is 0 Å². The molecule has 292 valence electrons. The van der Waals surface area contributed by atoms with Crippen LogP contribution in [-0.4, -0.2) is 19.5 Å². The molecule has 1 aliphatic rings. The number of rotatable bonds is 6. The van der Waals surface area contributed by atoms with Crippen LogP contribution >= 0.6 is 0 Å². The monoisotopic (exact) mass is 792 g/mol. The first-order chi connectivity index (χ1) is 30.5. The summed E-state index contributed by atoms with van der Waals surface area (Å²) >= 11 is 0. The lowest BCUT2D eigenvalue weighted by molar-refractivity contribution is 0.660. The van der Waals surface area contributed by atoms with E-state index in [4.69, 9.17) is 15.0 Å². The molecule has 62 heavy (non-hydrogen) atoms. The molecular weight excluding hydrogens is 753 g/mol. The summed E-state index contributed by atoms with van der Waals surface area (Å²) in [5.41, 5.74) is 16.1. The van der Waals surface area contributed by atoms with Gasteiger partial charge in [0.25, 0.3) is 0 Å². The van der Waals surface area contributed by atoms with Gasteiger partial charge in [0.15, 0.2) is 11.6 Å². The smallest absolute Gasteiger partial charge is 0.238 e. The molecule has 12 rings (SSSR count). The summed E-state index contributed by atoms with van der Waals surface area (Å²) in [5.74, 6) is 1.79. The van der Waals surface area contributed by atoms with Crippen molar-refractivity contribution in [2.24, 2.45) is 0 Å². The minimum absolute atomic E-state index is 0.0828. The number of hydrogen-bond acceptors (Lipinski definition) is 3. The fourth-order valence-electron chi connectivity index (χ4n) is 9.76. The highest BCUT2D eigenvalue weighted by Crippen LogP contribution is 2.50. The molecule has 0 radical (unpaired) electrons. The van der Waals surface area contributed by atoms with Crippen LogP contribution in [0.1, 0.15) is 25.0 Å². The van der Waals surface area contributed by atoms with Gasteiger partial charge in [-0.05, 0) is 61.5 Å². The van der Waals surface area contributed by atoms with Crippen LogP contribution in [0.3, 0.4) is 0 Å². The van der Waals surface area contributed by atoms with Gasteiger partial charge in [-0.3, -0.25) is 4.57 Å². The van der Waals surface area contributed by atoms with Crippen LogP contribution in [0.25, 0.3) is 106 Å². The second-order valence-electron chi connectivity index (χ2n) is 16.8. The van der Waals surface area contributed by atoms with E-state index in [0.717, 1.165) is 77.1 Å². The molecule has 0 aliphatic heterocycles. The molecule has 9 aromatic carbocycles. The Hall–Kier alpha value is -7.95. The number of benzene rings is 9. The summed E-state index contributed by atoms with van der Waals surface area (Å²) in [5, 5.41) is 4.59. The quantitative estimate of drug-likeness (QED) is 0.168. The van der Waals surface area contributed by atoms with Gasteiger partial charge in [0, 0.05) is 38.3 Å². The van der Waals surface area contributed by atoms with E-state index in [0.29, 0.717) is 17.6 Å². The van der Waals surface area contributed by atoms with E-state index in [1.54, 1.807) is 0 Å². The lowest BCUT2D eigenvalue weighted by Gasteiger charge is -2.21. The molecule has 2 heterocycles. The SMILES string of the molecule is CC1(C)c2ccccc2-c2cc(-c3cccc4c5ccc6ccccc6c5n(-c5nc(-c6ccc(-c7ccccc7)cc6)nc(-c6ccc(-c7ccccc7)cc6)n5)c34)ccc21. The van der Waals surface area contributed by atoms with Crippen LogP contribution in [0.15, 0.2) is 206 Å². The van der Waals surface area contributed by atoms with Gasteiger partial charge in [-0.2, -0.15) is 9.97 Å². The Morgan fingerprint density at radius 1 is 0.339 bits per heavy atom. The summed E-state index contributed by atoms with van der Waals surface area (Å²) in [6.07, 6.45) is 0. The molecule has 0 atom stereocenters. The number of fused-ring (bicyclic) bond motifs is 8. The summed E-state index contributed by atoms with van der Waals surface area (Å²) in [4.78, 5) is 16.1. The fourth-order valence-corrected chi connectivity index (χ4v) is 9.76. The van der Waals surface area contributed by atoms with Gasteiger partial charge in [-0.15, -0.1) is 0 Å². The Labute approximate surface area is 360 Å². The number of hydrogen-bond donors (Lipinski definition) is 0. The molecule has 4 heteroatoms. The van der Waals surface area contributed by atoms with Crippen molar-refractivity contribution in [2.45, 2.75) is 19.3 Å². The third-order valence-electron chi connectivity index (χ3n) is 12.9. The van der Waals surface area contributed by atoms with Crippen molar-refractivity contribution in [1.29, 1.82) is 0 Å². The largest absolute Gasteiger partial charge is 0.277 e. The normalized spacial score (nSPS) is 12.8. The van der Waals surface area contributed by atoms with Crippen molar-refractivity contribution in [2.75, 3.05) is 0 Å². The van der Waals surface area contributed by atoms with E-state index < -0.39 is 0 Å². The maximum Gasteiger partial charge on any atom is 0.238 e. The third-order valence-corrected chi connectivity index (χ3v) is 12.9. The van der Waals surface area contributed by atoms with Crippen LogP contribution < -0.4 is 0 Å². The van der Waals surface area contributed by atoms with Crippen molar-refractivity contribution in [3.63, 3.8) is 0 Å². The molecule has 0 amide bonds. The standard InChI is InChI=1S/C58H40N4/c1-58(2)51-23-12-11-20-47(51)50-36-44(33-35-52(50)58)46-21-13-22-48-49-34-32-41-18-9-10-19-45(41)53(49)62(54(46)48)57-60-55(42-28-24-39(25-29-42)37-14-5-3-6-15-37)59-56(61-57)43-30-26-40(27-31-43)38-16-7-4-8-17-38/h3-36H,1-2H3. The first-order valence-electron chi connectivity index (χ1n) is 21.3. The molecule has 0 saturated heterocycles. The highest BCUT2D eigenvalue weighted by atomic mass is 15.2. The van der Waals surface area contributed by atoms with E-state index in [2.05, 4.69) is 213 Å². The van der Waals surface area contributed by atoms with Gasteiger partial charge >= 0.3 is 0 Å². The Balaban J connectivity index is 1.12. The Morgan fingerprint density at radius 3 is 1.52 bits per heavy atom. The predicted molar refractivity (Wildman–Crippen MR) is 256 cm³/mol. The average molecular weight is 793 g/mol. The number of aromatic nitrogens is 4. The number of para-hydroxylation sites is 1. The Kier molecular flexibility index (Phi) is 8.16. The van der Waals surface area contributed by atoms with Crippen LogP contribution in [0.2, 0.25) is 0 Å². The highest BCUT2D eigenvalue weighted by Gasteiger charge is 2.35. The zero-order valence-corrected chi connectivity index (χ0v) is 34.4. The van der Waals surface area contributed by atoms with Gasteiger partial charge in [0.05, 0.1) is 11.0 Å². The second kappa shape index (κ2) is 14.1. The molecule has 4 nitrogen and oxygen atoms in total. The zero-order chi connectivity index (χ0) is 41.4. The third kappa shape index (κ3) is 5.72. The number of nitrogens with zero attached hydrogens (tertiary/aromatic N) is 4. The van der Waals surface area contributed by atoms with Crippen molar-refractivity contribution in [1.82, 2.24) is 19.5 Å². The predicted octanol–water partition coefficient (Wildman–Crippen LogP) is 14.8. The van der Waals surface area contributed by atoms with Gasteiger partial charge < -0.3 is 0 Å². The topological polar surface area (TPSA) is 43.6 Å². The minimum atomic E-state index is -0.0828. The van der Waals surface area contributed by atoms with Crippen molar-refractivity contribution >= 4 is 32.6 Å². The summed E-state index contributed by atoms with van der Waals surface area (Å²) < 4.78 is 2.30. The van der Waals surface area contributed by atoms with E-state index >= 15 is 0 Å². The first kappa shape index (κ1) is 35.9. The Bertz CT molecular complexity index is 3410. The lowest BCUT2D eigenvalue weighted by Crippen LogP contribution is -2.14. The Morgan fingerprint density at radius 2 is 0.839 bits per heavy atom. The van der Waals surface area contributed by atoms with Gasteiger partial charge in [-0.1, -0.05) is 214 Å². The molecular formula is C58H40N4. The second-order valence-corrected chi connectivity index (χ2v) is 16.8. The van der Waals surface area contributed by atoms with Crippen LogP contribution in [0.4, 0.5) is 0 Å². The van der Waals surface area contributed by atoms with E-state index in [-0.39, 0.29) is 5.41 Å². The highest BCUT2D eigenvalue weighted by molar-refractivity contribution is 6.21. The fraction of sp³-hybridized carbons (Fsp3) is 0.0517. The average Bonchev–Trinajstić information content (AvgIpc) is 3.81. The zero-order valence-electron chi connectivity index (χ0n) is 34.4. The molecule has 11 aromatic rings. The first-order valence-corrected chi connectivity index (χ1v) is 21.3. The van der Waals surface area contributed by atoms with Crippen molar-refractivity contribution in [3.8, 4) is 73.2 Å². The molecule has 0 unspecified atom stereocenters. The van der Waals surface area contributed by atoms with Crippen LogP contribution in [0.5, 0.6) is 0 Å². The molecule has 0 spiro atoms. The van der Waals surface area contributed by atoms with Gasteiger partial charge in [0.1, 0.15) is 0 Å². The maximum absolute atomic E-state index is 5.43. The van der Waals surface area contributed by atoms with Gasteiger partial charge in [0.2, 0.25) is 5.95 Å². The van der Waals surface area contributed by atoms with E-state index in [1.165, 1.54) is 22.3 Å². The van der Waals surface area contributed by atoms with E-state index in [1.807, 2.05) is 12.1 Å². The molecule has 0 N–H and O–H groups in total. The summed E-state index contributed by atoms with van der Waals surface area (Å²) in [6.45, 7) is 4.67. The van der Waals surface area contributed by atoms with Crippen LogP contribution in [-0.2, 0) is 5.41 Å². The minimum Gasteiger partial charge on any atom is -0.277 e. The molecule has 2 aromatic heterocycles. The van der Waals surface area contributed by atoms with Crippen molar-refractivity contribution < 1.29 is 0 Å². The van der Waals surface area contributed by atoms with E-state index in [9.17, 15) is 0 Å². The summed E-state index contributed by atoms with van der Waals surface area (Å²) in [6, 6.07) is 73.7. The molecule has 1 aliphatic carbocycles. The lowest BCUT2D eigenvalue weighted by atomic mass is 9.82.